The minimum Gasteiger partial charge on any atom is -0.340 e. The number of nitrogens with one attached hydrogen (secondary N) is 1. The van der Waals surface area contributed by atoms with Gasteiger partial charge >= 0.3 is 0 Å². The third-order valence-corrected chi connectivity index (χ3v) is 6.39. The molecule has 0 radical (unpaired) electrons. The van der Waals surface area contributed by atoms with Crippen LogP contribution in [0.2, 0.25) is 0 Å². The predicted molar refractivity (Wildman–Crippen MR) is 103 cm³/mol. The molecule has 0 bridgehead atoms. The first-order valence-corrected chi connectivity index (χ1v) is 11.2. The number of hydrogen-bond acceptors (Lipinski definition) is 4. The number of piperidine rings is 1. The number of rotatable bonds is 7. The summed E-state index contributed by atoms with van der Waals surface area (Å²) >= 11 is 0. The van der Waals surface area contributed by atoms with E-state index in [1.54, 1.807) is 0 Å². The van der Waals surface area contributed by atoms with E-state index in [1.165, 1.54) is 25.5 Å². The Morgan fingerprint density at radius 3 is 2.48 bits per heavy atom. The molecule has 2 aliphatic rings. The van der Waals surface area contributed by atoms with Crippen molar-refractivity contribution in [3.63, 3.8) is 0 Å². The van der Waals surface area contributed by atoms with Gasteiger partial charge in [-0.2, -0.15) is 0 Å². The fourth-order valence-corrected chi connectivity index (χ4v) is 4.71. The van der Waals surface area contributed by atoms with Gasteiger partial charge in [0.2, 0.25) is 15.9 Å². The van der Waals surface area contributed by atoms with Crippen LogP contribution in [0.25, 0.3) is 0 Å². The Balaban J connectivity index is 0.00000312. The van der Waals surface area contributed by atoms with Gasteiger partial charge in [0.1, 0.15) is 0 Å². The van der Waals surface area contributed by atoms with Crippen molar-refractivity contribution in [2.75, 3.05) is 25.9 Å². The summed E-state index contributed by atoms with van der Waals surface area (Å²) in [5.74, 6) is 0.214. The first-order chi connectivity index (χ1) is 11.4. The van der Waals surface area contributed by atoms with Crippen molar-refractivity contribution in [2.24, 2.45) is 11.1 Å². The van der Waals surface area contributed by atoms with Crippen molar-refractivity contribution in [1.82, 2.24) is 9.62 Å². The van der Waals surface area contributed by atoms with Gasteiger partial charge in [0.25, 0.3) is 0 Å². The van der Waals surface area contributed by atoms with E-state index in [1.807, 2.05) is 4.90 Å². The van der Waals surface area contributed by atoms with Crippen LogP contribution in [0.5, 0.6) is 0 Å². The van der Waals surface area contributed by atoms with Crippen LogP contribution in [0.15, 0.2) is 0 Å². The third-order valence-electron chi connectivity index (χ3n) is 5.66. The van der Waals surface area contributed by atoms with Crippen molar-refractivity contribution in [1.29, 1.82) is 0 Å². The molecule has 0 aromatic rings. The molecule has 3 N–H and O–H groups in total. The molecule has 2 fully saturated rings. The Hall–Kier alpha value is -0.370. The predicted octanol–water partition coefficient (Wildman–Crippen LogP) is 2.03. The van der Waals surface area contributed by atoms with Gasteiger partial charge in [0.15, 0.2) is 0 Å². The van der Waals surface area contributed by atoms with E-state index in [4.69, 9.17) is 5.73 Å². The smallest absolute Gasteiger partial charge is 0.223 e. The normalized spacial score (nSPS) is 23.8. The molecular formula is C17H34ClN3O3S. The van der Waals surface area contributed by atoms with Gasteiger partial charge in [-0.25, -0.2) is 13.1 Å². The van der Waals surface area contributed by atoms with E-state index in [0.29, 0.717) is 25.9 Å². The van der Waals surface area contributed by atoms with Gasteiger partial charge in [-0.3, -0.25) is 4.79 Å². The maximum atomic E-state index is 12.9. The zero-order valence-electron chi connectivity index (χ0n) is 15.3. The van der Waals surface area contributed by atoms with E-state index in [0.717, 1.165) is 38.6 Å². The lowest BCUT2D eigenvalue weighted by Gasteiger charge is -2.41. The van der Waals surface area contributed by atoms with Gasteiger partial charge in [0.05, 0.1) is 6.26 Å². The molecule has 0 aromatic heterocycles. The molecule has 2 rings (SSSR count). The van der Waals surface area contributed by atoms with Crippen molar-refractivity contribution in [3.05, 3.63) is 0 Å². The Morgan fingerprint density at radius 2 is 1.88 bits per heavy atom. The average molecular weight is 396 g/mol. The topological polar surface area (TPSA) is 92.5 Å². The molecule has 1 atom stereocenters. The van der Waals surface area contributed by atoms with Crippen LogP contribution in [0.4, 0.5) is 0 Å². The molecule has 25 heavy (non-hydrogen) atoms. The third kappa shape index (κ3) is 7.04. The Morgan fingerprint density at radius 1 is 1.20 bits per heavy atom. The zero-order valence-corrected chi connectivity index (χ0v) is 17.0. The molecule has 0 aromatic carbocycles. The number of nitrogens with two attached hydrogens (primary N) is 1. The summed E-state index contributed by atoms with van der Waals surface area (Å²) in [7, 11) is -3.17. The lowest BCUT2D eigenvalue weighted by atomic mass is 9.71. The summed E-state index contributed by atoms with van der Waals surface area (Å²) in [5, 5.41) is 0. The lowest BCUT2D eigenvalue weighted by Crippen LogP contribution is -2.48. The number of sulfonamides is 1. The van der Waals surface area contributed by atoms with Crippen molar-refractivity contribution < 1.29 is 13.2 Å². The number of amides is 1. The molecule has 1 aliphatic carbocycles. The molecule has 148 valence electrons. The maximum Gasteiger partial charge on any atom is 0.223 e. The molecule has 1 aliphatic heterocycles. The monoisotopic (exact) mass is 395 g/mol. The minimum absolute atomic E-state index is 0. The summed E-state index contributed by atoms with van der Waals surface area (Å²) in [4.78, 5) is 14.9. The van der Waals surface area contributed by atoms with E-state index >= 15 is 0 Å². The van der Waals surface area contributed by atoms with E-state index in [-0.39, 0.29) is 29.8 Å². The number of hydrogen-bond donors (Lipinski definition) is 2. The van der Waals surface area contributed by atoms with Crippen LogP contribution < -0.4 is 10.5 Å². The van der Waals surface area contributed by atoms with Gasteiger partial charge in [-0.1, -0.05) is 19.3 Å². The zero-order chi connectivity index (χ0) is 17.6. The summed E-state index contributed by atoms with van der Waals surface area (Å²) in [6, 6.07) is 0.152. The Kier molecular flexibility index (Phi) is 9.15. The standard InChI is InChI=1S/C17H33N3O3S.ClH/c1-24(22,23)19-11-8-15-7-3-6-12-20(15)16(21)13-17(14-18)9-4-2-5-10-17;/h15,19H,2-14,18H2,1H3;1H. The highest BCUT2D eigenvalue weighted by atomic mass is 35.5. The van der Waals surface area contributed by atoms with E-state index in [9.17, 15) is 13.2 Å². The SMILES string of the molecule is CS(=O)(=O)NCCC1CCCCN1C(=O)CC1(CN)CCCCC1.Cl. The van der Waals surface area contributed by atoms with Crippen molar-refractivity contribution >= 4 is 28.3 Å². The van der Waals surface area contributed by atoms with Crippen LogP contribution in [0.3, 0.4) is 0 Å². The summed E-state index contributed by atoms with van der Waals surface area (Å²) in [6.45, 7) is 1.78. The van der Waals surface area contributed by atoms with Gasteiger partial charge in [-0.15, -0.1) is 12.4 Å². The second kappa shape index (κ2) is 10.1. The van der Waals surface area contributed by atoms with E-state index in [2.05, 4.69) is 4.72 Å². The van der Waals surface area contributed by atoms with Crippen LogP contribution in [0.1, 0.15) is 64.2 Å². The van der Waals surface area contributed by atoms with Crippen molar-refractivity contribution in [2.45, 2.75) is 70.3 Å². The fraction of sp³-hybridized carbons (Fsp3) is 0.941. The second-order valence-corrected chi connectivity index (χ2v) is 9.47. The minimum atomic E-state index is -3.17. The van der Waals surface area contributed by atoms with E-state index < -0.39 is 10.0 Å². The largest absolute Gasteiger partial charge is 0.340 e. The van der Waals surface area contributed by atoms with Gasteiger partial charge in [-0.05, 0) is 50.5 Å². The Bertz CT molecular complexity index is 521. The molecule has 1 unspecified atom stereocenters. The van der Waals surface area contributed by atoms with Crippen LogP contribution in [-0.2, 0) is 14.8 Å². The second-order valence-electron chi connectivity index (χ2n) is 7.63. The number of halogens is 1. The molecular weight excluding hydrogens is 362 g/mol. The highest BCUT2D eigenvalue weighted by Crippen LogP contribution is 2.39. The van der Waals surface area contributed by atoms with Crippen LogP contribution in [-0.4, -0.2) is 51.2 Å². The quantitative estimate of drug-likeness (QED) is 0.689. The summed E-state index contributed by atoms with van der Waals surface area (Å²) in [6.07, 6.45) is 11.2. The first kappa shape index (κ1) is 22.7. The van der Waals surface area contributed by atoms with Crippen LogP contribution >= 0.6 is 12.4 Å². The summed E-state index contributed by atoms with van der Waals surface area (Å²) < 4.78 is 25.0. The van der Waals surface area contributed by atoms with Crippen molar-refractivity contribution in [3.8, 4) is 0 Å². The molecule has 0 spiro atoms. The van der Waals surface area contributed by atoms with Crippen LogP contribution in [0, 0.1) is 5.41 Å². The molecule has 8 heteroatoms. The fourth-order valence-electron chi connectivity index (χ4n) is 4.22. The number of carbonyl (C=O) groups is 1. The number of carbonyl (C=O) groups excluding carboxylic acids is 1. The number of nitrogens with zero attached hydrogens (tertiary/aromatic N) is 1. The Labute approximate surface area is 158 Å². The number of likely N-dealkylation sites (tertiary alicyclic amines) is 1. The van der Waals surface area contributed by atoms with Gasteiger partial charge < -0.3 is 10.6 Å². The highest BCUT2D eigenvalue weighted by Gasteiger charge is 2.36. The highest BCUT2D eigenvalue weighted by molar-refractivity contribution is 7.88. The molecule has 1 saturated carbocycles. The molecule has 1 heterocycles. The molecule has 1 amide bonds. The molecule has 1 saturated heterocycles. The first-order valence-electron chi connectivity index (χ1n) is 9.29. The maximum absolute atomic E-state index is 12.9. The molecule has 6 nitrogen and oxygen atoms in total. The average Bonchev–Trinajstić information content (AvgIpc) is 2.55. The lowest BCUT2D eigenvalue weighted by molar-refractivity contribution is -0.138. The summed E-state index contributed by atoms with van der Waals surface area (Å²) in [5.41, 5.74) is 6.02. The van der Waals surface area contributed by atoms with Gasteiger partial charge in [0, 0.05) is 25.6 Å².